The van der Waals surface area contributed by atoms with E-state index in [1.165, 1.54) is 6.39 Å². The molecule has 166 valence electrons. The van der Waals surface area contributed by atoms with E-state index < -0.39 is 0 Å². The van der Waals surface area contributed by atoms with Crippen LogP contribution in [0.15, 0.2) is 53.4 Å². The summed E-state index contributed by atoms with van der Waals surface area (Å²) in [6.45, 7) is 1.82. The molecule has 0 atom stereocenters. The highest BCUT2D eigenvalue weighted by Crippen LogP contribution is 2.29. The number of aromatic nitrogens is 2. The quantitative estimate of drug-likeness (QED) is 0.556. The number of carbonyl (C=O) groups is 2. The molecule has 1 aliphatic heterocycles. The minimum absolute atomic E-state index is 0.0344. The number of nitrogens with one attached hydrogen (secondary N) is 1. The lowest BCUT2D eigenvalue weighted by Gasteiger charge is -2.29. The zero-order valence-corrected chi connectivity index (χ0v) is 19.2. The summed E-state index contributed by atoms with van der Waals surface area (Å²) in [5, 5.41) is 7.23. The van der Waals surface area contributed by atoms with E-state index in [0.29, 0.717) is 22.2 Å². The lowest BCUT2D eigenvalue weighted by molar-refractivity contribution is -0.124. The van der Waals surface area contributed by atoms with Gasteiger partial charge in [0.2, 0.25) is 24.0 Å². The molecule has 9 heteroatoms. The second-order valence-electron chi connectivity index (χ2n) is 7.62. The first-order valence-corrected chi connectivity index (χ1v) is 11.9. The summed E-state index contributed by atoms with van der Waals surface area (Å²) < 4.78 is 4.76. The molecule has 0 unspecified atom stereocenters. The molecule has 1 saturated heterocycles. The van der Waals surface area contributed by atoms with E-state index in [1.54, 1.807) is 35.2 Å². The van der Waals surface area contributed by atoms with E-state index in [2.05, 4.69) is 15.5 Å². The van der Waals surface area contributed by atoms with Crippen LogP contribution in [0.3, 0.4) is 0 Å². The number of amides is 2. The van der Waals surface area contributed by atoms with Gasteiger partial charge in [0.15, 0.2) is 0 Å². The van der Waals surface area contributed by atoms with E-state index in [1.807, 2.05) is 30.8 Å². The molecule has 2 aromatic carbocycles. The second kappa shape index (κ2) is 10.2. The molecular formula is C23H23ClN4O3S. The van der Waals surface area contributed by atoms with Gasteiger partial charge in [-0.2, -0.15) is 16.7 Å². The van der Waals surface area contributed by atoms with Crippen molar-refractivity contribution in [2.45, 2.75) is 19.8 Å². The zero-order valence-electron chi connectivity index (χ0n) is 17.6. The maximum absolute atomic E-state index is 13.3. The molecule has 1 N–H and O–H groups in total. The van der Waals surface area contributed by atoms with Crippen LogP contribution < -0.4 is 10.2 Å². The van der Waals surface area contributed by atoms with Crippen molar-refractivity contribution in [2.75, 3.05) is 28.3 Å². The molecule has 2 heterocycles. The first-order valence-electron chi connectivity index (χ1n) is 10.3. The van der Waals surface area contributed by atoms with Crippen LogP contribution in [0.25, 0.3) is 11.4 Å². The number of hydrogen-bond donors (Lipinski definition) is 1. The number of thioether (sulfide) groups is 1. The summed E-state index contributed by atoms with van der Waals surface area (Å²) in [4.78, 5) is 31.8. The van der Waals surface area contributed by atoms with E-state index in [9.17, 15) is 9.59 Å². The van der Waals surface area contributed by atoms with Gasteiger partial charge in [-0.25, -0.2) is 0 Å². The first kappa shape index (κ1) is 22.4. The van der Waals surface area contributed by atoms with Gasteiger partial charge in [0.05, 0.1) is 0 Å². The van der Waals surface area contributed by atoms with Gasteiger partial charge in [0.1, 0.15) is 6.54 Å². The highest BCUT2D eigenvalue weighted by Gasteiger charge is 2.29. The normalized spacial score (nSPS) is 14.2. The van der Waals surface area contributed by atoms with Crippen molar-refractivity contribution < 1.29 is 14.1 Å². The molecule has 1 fully saturated rings. The molecule has 0 radical (unpaired) electrons. The maximum Gasteiger partial charge on any atom is 0.244 e. The van der Waals surface area contributed by atoms with Crippen LogP contribution in [-0.2, 0) is 9.59 Å². The Labute approximate surface area is 195 Å². The fourth-order valence-electron chi connectivity index (χ4n) is 3.56. The third-order valence-corrected chi connectivity index (χ3v) is 6.85. The van der Waals surface area contributed by atoms with E-state index in [-0.39, 0.29) is 24.3 Å². The Kier molecular flexibility index (Phi) is 7.12. The van der Waals surface area contributed by atoms with Crippen molar-refractivity contribution >= 4 is 46.6 Å². The molecule has 4 rings (SSSR count). The number of halogens is 1. The Morgan fingerprint density at radius 3 is 2.59 bits per heavy atom. The third kappa shape index (κ3) is 5.31. The average molecular weight is 471 g/mol. The van der Waals surface area contributed by atoms with Gasteiger partial charge in [-0.05, 0) is 73.2 Å². The molecule has 0 spiro atoms. The Hall–Kier alpha value is -2.84. The Morgan fingerprint density at radius 1 is 1.19 bits per heavy atom. The molecule has 1 aliphatic rings. The van der Waals surface area contributed by atoms with Crippen molar-refractivity contribution in [3.05, 3.63) is 59.4 Å². The smallest absolute Gasteiger partial charge is 0.244 e. The van der Waals surface area contributed by atoms with Gasteiger partial charge in [-0.15, -0.1) is 0 Å². The molecule has 0 aliphatic carbocycles. The summed E-state index contributed by atoms with van der Waals surface area (Å²) in [5.41, 5.74) is 2.94. The number of aryl methyl sites for hydroxylation is 1. The molecular weight excluding hydrogens is 448 g/mol. The minimum Gasteiger partial charge on any atom is -0.342 e. The van der Waals surface area contributed by atoms with Crippen LogP contribution in [-0.4, -0.2) is 40.0 Å². The molecule has 7 nitrogen and oxygen atoms in total. The summed E-state index contributed by atoms with van der Waals surface area (Å²) in [6, 6.07) is 12.6. The van der Waals surface area contributed by atoms with Crippen LogP contribution in [0.1, 0.15) is 18.4 Å². The highest BCUT2D eigenvalue weighted by atomic mass is 35.5. The fraction of sp³-hybridized carbons (Fsp3) is 0.304. The van der Waals surface area contributed by atoms with E-state index >= 15 is 0 Å². The van der Waals surface area contributed by atoms with Crippen LogP contribution in [0.5, 0.6) is 0 Å². The molecule has 1 aromatic heterocycles. The number of hydrogen-bond acceptors (Lipinski definition) is 6. The molecule has 2 amide bonds. The molecule has 0 bridgehead atoms. The number of rotatable bonds is 6. The molecule has 3 aromatic rings. The van der Waals surface area contributed by atoms with E-state index in [4.69, 9.17) is 16.1 Å². The Bertz CT molecular complexity index is 1080. The van der Waals surface area contributed by atoms with Gasteiger partial charge in [-0.3, -0.25) is 9.59 Å². The highest BCUT2D eigenvalue weighted by molar-refractivity contribution is 7.99. The monoisotopic (exact) mass is 470 g/mol. The predicted octanol–water partition coefficient (Wildman–Crippen LogP) is 4.81. The number of carbonyl (C=O) groups excluding carboxylic acids is 2. The van der Waals surface area contributed by atoms with Crippen molar-refractivity contribution in [2.24, 2.45) is 5.92 Å². The van der Waals surface area contributed by atoms with Crippen molar-refractivity contribution in [1.29, 1.82) is 0 Å². The maximum atomic E-state index is 13.3. The minimum atomic E-state index is -0.285. The summed E-state index contributed by atoms with van der Waals surface area (Å²) in [5.74, 6) is 1.98. The van der Waals surface area contributed by atoms with Gasteiger partial charge in [0.25, 0.3) is 0 Å². The topological polar surface area (TPSA) is 88.3 Å². The van der Waals surface area contributed by atoms with Crippen LogP contribution in [0.4, 0.5) is 11.4 Å². The molecule has 0 saturated carbocycles. The summed E-state index contributed by atoms with van der Waals surface area (Å²) in [6.07, 6.45) is 2.90. The summed E-state index contributed by atoms with van der Waals surface area (Å²) in [7, 11) is 0. The lowest BCUT2D eigenvalue weighted by atomic mass is 10.0. The third-order valence-electron chi connectivity index (χ3n) is 5.39. The first-order chi connectivity index (χ1) is 15.5. The zero-order chi connectivity index (χ0) is 22.5. The van der Waals surface area contributed by atoms with Crippen LogP contribution >= 0.6 is 23.4 Å². The number of nitrogens with zero attached hydrogens (tertiary/aromatic N) is 3. The second-order valence-corrected chi connectivity index (χ2v) is 9.26. The van der Waals surface area contributed by atoms with Gasteiger partial charge >= 0.3 is 0 Å². The van der Waals surface area contributed by atoms with Crippen LogP contribution in [0.2, 0.25) is 5.02 Å². The largest absolute Gasteiger partial charge is 0.342 e. The lowest BCUT2D eigenvalue weighted by Crippen LogP contribution is -2.42. The van der Waals surface area contributed by atoms with Crippen molar-refractivity contribution in [1.82, 2.24) is 10.1 Å². The number of benzene rings is 2. The van der Waals surface area contributed by atoms with E-state index in [0.717, 1.165) is 35.5 Å². The SMILES string of the molecule is Cc1ccc(N(CC(=O)Nc2ccc(-c3ncon3)cc2)C(=O)C2CCSCC2)cc1Cl. The van der Waals surface area contributed by atoms with Crippen molar-refractivity contribution in [3.8, 4) is 11.4 Å². The van der Waals surface area contributed by atoms with Gasteiger partial charge < -0.3 is 14.7 Å². The standard InChI is InChI=1S/C23H23ClN4O3S/c1-15-2-7-19(12-20(15)24)28(23(30)17-8-10-32-11-9-17)13-21(29)26-18-5-3-16(4-6-18)22-25-14-31-27-22/h2-7,12,14,17H,8-11,13H2,1H3,(H,26,29). The van der Waals surface area contributed by atoms with Gasteiger partial charge in [0, 0.05) is 27.9 Å². The molecule has 32 heavy (non-hydrogen) atoms. The van der Waals surface area contributed by atoms with Gasteiger partial charge in [-0.1, -0.05) is 22.8 Å². The summed E-state index contributed by atoms with van der Waals surface area (Å²) >= 11 is 8.17. The predicted molar refractivity (Wildman–Crippen MR) is 127 cm³/mol. The average Bonchev–Trinajstić information content (AvgIpc) is 3.35. The Morgan fingerprint density at radius 2 is 1.94 bits per heavy atom. The van der Waals surface area contributed by atoms with Crippen LogP contribution in [0, 0.1) is 12.8 Å². The number of anilines is 2. The van der Waals surface area contributed by atoms with Crippen molar-refractivity contribution in [3.63, 3.8) is 0 Å². The fourth-order valence-corrected chi connectivity index (χ4v) is 4.84. The Balaban J connectivity index is 1.50.